The molecule has 0 spiro atoms. The molecule has 6 heteroatoms. The van der Waals surface area contributed by atoms with Crippen LogP contribution in [-0.4, -0.2) is 46.6 Å². The first kappa shape index (κ1) is 16.7. The quantitative estimate of drug-likeness (QED) is 0.723. The van der Waals surface area contributed by atoms with Gasteiger partial charge in [-0.25, -0.2) is 0 Å². The maximum Gasteiger partial charge on any atom is 0.254 e. The average molecular weight is 351 g/mol. The maximum atomic E-state index is 13.1. The summed E-state index contributed by atoms with van der Waals surface area (Å²) in [6, 6.07) is 7.60. The Labute approximate surface area is 151 Å². The van der Waals surface area contributed by atoms with Crippen molar-refractivity contribution in [3.8, 4) is 0 Å². The van der Waals surface area contributed by atoms with Crippen molar-refractivity contribution < 1.29 is 13.9 Å². The van der Waals surface area contributed by atoms with Gasteiger partial charge in [-0.1, -0.05) is 0 Å². The molecule has 3 aromatic rings. The monoisotopic (exact) mass is 351 g/mol. The second kappa shape index (κ2) is 7.25. The predicted molar refractivity (Wildman–Crippen MR) is 96.9 cm³/mol. The van der Waals surface area contributed by atoms with Gasteiger partial charge < -0.3 is 14.1 Å². The number of morpholine rings is 1. The Kier molecular flexibility index (Phi) is 4.67. The molecule has 1 fully saturated rings. The largest absolute Gasteiger partial charge is 0.461 e. The first-order chi connectivity index (χ1) is 12.7. The highest BCUT2D eigenvalue weighted by Crippen LogP contribution is 2.23. The van der Waals surface area contributed by atoms with Gasteiger partial charge in [0.2, 0.25) is 0 Å². The summed E-state index contributed by atoms with van der Waals surface area (Å²) in [4.78, 5) is 23.4. The number of carbonyl (C=O) groups excluding carboxylic acids is 1. The fourth-order valence-corrected chi connectivity index (χ4v) is 3.41. The Morgan fingerprint density at radius 3 is 3.08 bits per heavy atom. The molecular weight excluding hydrogens is 330 g/mol. The van der Waals surface area contributed by atoms with Crippen LogP contribution in [0.15, 0.2) is 47.3 Å². The standard InChI is InChI=1S/C20H21N3O3/c1-14-10-16-11-15(2-5-19(16)26-14)20(24)23-8-9-25-13-18(23)4-3-17-12-21-6-7-22-17/h2,5-7,10-12,18H,3-4,8-9,13H2,1H3. The normalized spacial score (nSPS) is 17.6. The van der Waals surface area contributed by atoms with Crippen molar-refractivity contribution in [2.24, 2.45) is 0 Å². The van der Waals surface area contributed by atoms with E-state index in [9.17, 15) is 4.79 Å². The number of aryl methyl sites for hydroxylation is 2. The fourth-order valence-electron chi connectivity index (χ4n) is 3.41. The van der Waals surface area contributed by atoms with E-state index in [2.05, 4.69) is 9.97 Å². The minimum atomic E-state index is 0.0400. The Morgan fingerprint density at radius 1 is 1.31 bits per heavy atom. The van der Waals surface area contributed by atoms with Crippen molar-refractivity contribution in [2.45, 2.75) is 25.8 Å². The molecule has 26 heavy (non-hydrogen) atoms. The van der Waals surface area contributed by atoms with Crippen molar-refractivity contribution in [2.75, 3.05) is 19.8 Å². The van der Waals surface area contributed by atoms with Gasteiger partial charge >= 0.3 is 0 Å². The van der Waals surface area contributed by atoms with Crippen LogP contribution in [0.1, 0.15) is 28.2 Å². The van der Waals surface area contributed by atoms with Crippen molar-refractivity contribution >= 4 is 16.9 Å². The maximum absolute atomic E-state index is 13.1. The zero-order valence-electron chi connectivity index (χ0n) is 14.7. The lowest BCUT2D eigenvalue weighted by atomic mass is 10.0. The van der Waals surface area contributed by atoms with Crippen molar-refractivity contribution in [1.29, 1.82) is 0 Å². The molecule has 3 heterocycles. The molecule has 1 unspecified atom stereocenters. The predicted octanol–water partition coefficient (Wildman–Crippen LogP) is 3.01. The van der Waals surface area contributed by atoms with E-state index in [0.29, 0.717) is 25.3 Å². The van der Waals surface area contributed by atoms with Crippen LogP contribution >= 0.6 is 0 Å². The van der Waals surface area contributed by atoms with E-state index in [-0.39, 0.29) is 11.9 Å². The Balaban J connectivity index is 1.51. The molecule has 4 rings (SSSR count). The third-order valence-electron chi connectivity index (χ3n) is 4.73. The van der Waals surface area contributed by atoms with Gasteiger partial charge in [0, 0.05) is 36.1 Å². The summed E-state index contributed by atoms with van der Waals surface area (Å²) in [5, 5.41) is 0.956. The smallest absolute Gasteiger partial charge is 0.254 e. The number of ether oxygens (including phenoxy) is 1. The zero-order valence-corrected chi connectivity index (χ0v) is 14.7. The number of fused-ring (bicyclic) bond motifs is 1. The van der Waals surface area contributed by atoms with Crippen molar-refractivity contribution in [3.63, 3.8) is 0 Å². The van der Waals surface area contributed by atoms with Gasteiger partial charge in [0.15, 0.2) is 0 Å². The van der Waals surface area contributed by atoms with Crippen LogP contribution in [-0.2, 0) is 11.2 Å². The lowest BCUT2D eigenvalue weighted by Gasteiger charge is -2.35. The van der Waals surface area contributed by atoms with Crippen LogP contribution in [0.25, 0.3) is 11.0 Å². The topological polar surface area (TPSA) is 68.5 Å². The first-order valence-electron chi connectivity index (χ1n) is 8.84. The second-order valence-corrected chi connectivity index (χ2v) is 6.57. The summed E-state index contributed by atoms with van der Waals surface area (Å²) in [6.45, 7) is 3.64. The number of nitrogens with zero attached hydrogens (tertiary/aromatic N) is 3. The van der Waals surface area contributed by atoms with Crippen molar-refractivity contribution in [3.05, 3.63) is 59.9 Å². The lowest BCUT2D eigenvalue weighted by Crippen LogP contribution is -2.48. The number of benzene rings is 1. The van der Waals surface area contributed by atoms with Crippen molar-refractivity contribution in [1.82, 2.24) is 14.9 Å². The molecule has 0 N–H and O–H groups in total. The Bertz CT molecular complexity index is 907. The molecule has 134 valence electrons. The van der Waals surface area contributed by atoms with Gasteiger partial charge in [-0.15, -0.1) is 0 Å². The van der Waals surface area contributed by atoms with Crippen LogP contribution in [0.3, 0.4) is 0 Å². The second-order valence-electron chi connectivity index (χ2n) is 6.57. The van der Waals surface area contributed by atoms with Gasteiger partial charge in [0.25, 0.3) is 5.91 Å². The van der Waals surface area contributed by atoms with E-state index in [4.69, 9.17) is 9.15 Å². The molecule has 1 amide bonds. The Morgan fingerprint density at radius 2 is 2.23 bits per heavy atom. The van der Waals surface area contributed by atoms with E-state index in [1.807, 2.05) is 36.1 Å². The number of amides is 1. The number of aromatic nitrogens is 2. The molecule has 0 bridgehead atoms. The summed E-state index contributed by atoms with van der Waals surface area (Å²) < 4.78 is 11.2. The summed E-state index contributed by atoms with van der Waals surface area (Å²) in [5.41, 5.74) is 2.42. The van der Waals surface area contributed by atoms with Crippen LogP contribution in [0, 0.1) is 6.92 Å². The summed E-state index contributed by atoms with van der Waals surface area (Å²) in [7, 11) is 0. The van der Waals surface area contributed by atoms with E-state index >= 15 is 0 Å². The highest BCUT2D eigenvalue weighted by molar-refractivity contribution is 5.98. The van der Waals surface area contributed by atoms with Gasteiger partial charge in [-0.2, -0.15) is 0 Å². The van der Waals surface area contributed by atoms with Crippen LogP contribution < -0.4 is 0 Å². The first-order valence-corrected chi connectivity index (χ1v) is 8.84. The number of hydrogen-bond donors (Lipinski definition) is 0. The molecule has 1 aliphatic rings. The molecule has 0 aliphatic carbocycles. The third kappa shape index (κ3) is 3.46. The summed E-state index contributed by atoms with van der Waals surface area (Å²) in [6.07, 6.45) is 6.70. The van der Waals surface area contributed by atoms with Gasteiger partial charge in [0.1, 0.15) is 11.3 Å². The zero-order chi connectivity index (χ0) is 17.9. The molecule has 1 aromatic carbocycles. The minimum absolute atomic E-state index is 0.0400. The summed E-state index contributed by atoms with van der Waals surface area (Å²) in [5.74, 6) is 0.885. The van der Waals surface area contributed by atoms with Gasteiger partial charge in [-0.05, 0) is 44.0 Å². The van der Waals surface area contributed by atoms with Gasteiger partial charge in [-0.3, -0.25) is 14.8 Å². The molecule has 6 nitrogen and oxygen atoms in total. The number of furan rings is 1. The van der Waals surface area contributed by atoms with E-state index in [1.165, 1.54) is 0 Å². The van der Waals surface area contributed by atoms with Crippen LogP contribution in [0.4, 0.5) is 0 Å². The Hall–Kier alpha value is -2.73. The summed E-state index contributed by atoms with van der Waals surface area (Å²) >= 11 is 0. The molecule has 0 radical (unpaired) electrons. The fraction of sp³-hybridized carbons (Fsp3) is 0.350. The molecular formula is C20H21N3O3. The number of hydrogen-bond acceptors (Lipinski definition) is 5. The molecule has 1 saturated heterocycles. The van der Waals surface area contributed by atoms with E-state index in [0.717, 1.165) is 35.3 Å². The SMILES string of the molecule is Cc1cc2cc(C(=O)N3CCOCC3CCc3cnccn3)ccc2o1. The van der Waals surface area contributed by atoms with Crippen LogP contribution in [0.2, 0.25) is 0 Å². The van der Waals surface area contributed by atoms with Crippen LogP contribution in [0.5, 0.6) is 0 Å². The number of carbonyl (C=O) groups is 1. The molecule has 1 aliphatic heterocycles. The molecule has 0 saturated carbocycles. The third-order valence-corrected chi connectivity index (χ3v) is 4.73. The average Bonchev–Trinajstić information content (AvgIpc) is 3.06. The van der Waals surface area contributed by atoms with Gasteiger partial charge in [0.05, 0.1) is 24.9 Å². The minimum Gasteiger partial charge on any atom is -0.461 e. The molecule has 2 aromatic heterocycles. The lowest BCUT2D eigenvalue weighted by molar-refractivity contribution is -0.00412. The van der Waals surface area contributed by atoms with E-state index in [1.54, 1.807) is 18.6 Å². The molecule has 1 atom stereocenters. The highest BCUT2D eigenvalue weighted by Gasteiger charge is 2.28. The van der Waals surface area contributed by atoms with E-state index < -0.39 is 0 Å². The highest BCUT2D eigenvalue weighted by atomic mass is 16.5. The number of rotatable bonds is 4.